The van der Waals surface area contributed by atoms with E-state index < -0.39 is 0 Å². The van der Waals surface area contributed by atoms with Crippen LogP contribution in [0.1, 0.15) is 24.8 Å². The van der Waals surface area contributed by atoms with E-state index in [4.69, 9.17) is 5.11 Å². The van der Waals surface area contributed by atoms with Crippen LogP contribution in [0.4, 0.5) is 0 Å². The molecule has 5 rings (SSSR count). The van der Waals surface area contributed by atoms with Crippen molar-refractivity contribution in [3.05, 3.63) is 60.8 Å². The van der Waals surface area contributed by atoms with Gasteiger partial charge in [-0.25, -0.2) is 9.50 Å². The standard InChI is InChI=1S/C16H10N6S.C7H15NO/c17-6-12-9-21-22-10-11(13-7-19-20-8-13)5-14(16(12)22)23-15-3-1-2-4-18-15;9-7-6-8-4-2-1-3-5-8/h1-5,7-10H,(H,19,20);9H,1-7H2. The van der Waals surface area contributed by atoms with E-state index in [9.17, 15) is 5.26 Å². The first-order valence-electron chi connectivity index (χ1n) is 10.6. The van der Waals surface area contributed by atoms with Crippen LogP contribution < -0.4 is 0 Å². The van der Waals surface area contributed by atoms with Crippen LogP contribution in [0.15, 0.2) is 65.2 Å². The minimum atomic E-state index is 0.319. The number of hydrogen-bond acceptors (Lipinski definition) is 7. The molecule has 0 saturated carbocycles. The number of hydrogen-bond donors (Lipinski definition) is 2. The molecule has 2 N–H and O–H groups in total. The summed E-state index contributed by atoms with van der Waals surface area (Å²) in [6, 6.07) is 9.98. The Morgan fingerprint density at radius 1 is 1.16 bits per heavy atom. The summed E-state index contributed by atoms with van der Waals surface area (Å²) in [6.45, 7) is 3.58. The van der Waals surface area contributed by atoms with Crippen LogP contribution >= 0.6 is 11.8 Å². The van der Waals surface area contributed by atoms with Gasteiger partial charge in [-0.05, 0) is 44.1 Å². The van der Waals surface area contributed by atoms with Gasteiger partial charge in [0, 0.05) is 41.2 Å². The molecular formula is C23H25N7OS. The second-order valence-corrected chi connectivity index (χ2v) is 8.50. The molecule has 0 unspecified atom stereocenters. The van der Waals surface area contributed by atoms with Crippen molar-refractivity contribution < 1.29 is 5.11 Å². The number of aliphatic hydroxyl groups is 1. The molecule has 32 heavy (non-hydrogen) atoms. The molecule has 1 aliphatic rings. The fraction of sp³-hybridized carbons (Fsp3) is 0.304. The zero-order chi connectivity index (χ0) is 22.2. The van der Waals surface area contributed by atoms with Crippen molar-refractivity contribution in [3.8, 4) is 17.2 Å². The minimum absolute atomic E-state index is 0.319. The number of fused-ring (bicyclic) bond motifs is 1. The molecule has 8 nitrogen and oxygen atoms in total. The SMILES string of the molecule is N#Cc1cnn2cc(-c3cn[nH]c3)cc(Sc3ccccn3)c12.OCCN1CCCCC1. The third-order valence-corrected chi connectivity index (χ3v) is 6.23. The Kier molecular flexibility index (Phi) is 7.51. The number of aromatic amines is 1. The van der Waals surface area contributed by atoms with Crippen molar-refractivity contribution in [2.75, 3.05) is 26.2 Å². The molecule has 0 spiro atoms. The topological polar surface area (TPSA) is 106 Å². The lowest BCUT2D eigenvalue weighted by Crippen LogP contribution is -2.31. The maximum absolute atomic E-state index is 9.33. The van der Waals surface area contributed by atoms with Crippen molar-refractivity contribution in [2.45, 2.75) is 29.2 Å². The molecule has 0 aromatic carbocycles. The number of piperidine rings is 1. The molecule has 0 radical (unpaired) electrons. The molecule has 0 atom stereocenters. The Bertz CT molecular complexity index is 1160. The number of nitrogens with zero attached hydrogens (tertiary/aromatic N) is 6. The normalized spacial score (nSPS) is 14.0. The van der Waals surface area contributed by atoms with Gasteiger partial charge in [0.05, 0.1) is 30.1 Å². The van der Waals surface area contributed by atoms with Gasteiger partial charge in [-0.1, -0.05) is 24.2 Å². The molecule has 164 valence electrons. The molecule has 5 heterocycles. The number of aliphatic hydroxyl groups excluding tert-OH is 1. The first-order valence-corrected chi connectivity index (χ1v) is 11.4. The summed E-state index contributed by atoms with van der Waals surface area (Å²) in [5.74, 6) is 0. The fourth-order valence-electron chi connectivity index (χ4n) is 3.66. The van der Waals surface area contributed by atoms with Gasteiger partial charge in [0.25, 0.3) is 0 Å². The summed E-state index contributed by atoms with van der Waals surface area (Å²) < 4.78 is 1.73. The van der Waals surface area contributed by atoms with Crippen LogP contribution in [0, 0.1) is 11.3 Å². The predicted molar refractivity (Wildman–Crippen MR) is 123 cm³/mol. The second kappa shape index (κ2) is 10.9. The maximum Gasteiger partial charge on any atom is 0.103 e. The number of likely N-dealkylation sites (tertiary alicyclic amines) is 1. The molecule has 1 aliphatic heterocycles. The summed E-state index contributed by atoms with van der Waals surface area (Å²) >= 11 is 1.51. The van der Waals surface area contributed by atoms with Crippen LogP contribution in [0.3, 0.4) is 0 Å². The molecule has 0 aliphatic carbocycles. The zero-order valence-corrected chi connectivity index (χ0v) is 18.5. The summed E-state index contributed by atoms with van der Waals surface area (Å²) in [4.78, 5) is 7.60. The van der Waals surface area contributed by atoms with E-state index >= 15 is 0 Å². The van der Waals surface area contributed by atoms with Crippen LogP contribution in [0.2, 0.25) is 0 Å². The van der Waals surface area contributed by atoms with Gasteiger partial charge < -0.3 is 10.0 Å². The van der Waals surface area contributed by atoms with Crippen molar-refractivity contribution in [2.24, 2.45) is 0 Å². The second-order valence-electron chi connectivity index (χ2n) is 7.44. The van der Waals surface area contributed by atoms with Gasteiger partial charge >= 0.3 is 0 Å². The Hall–Kier alpha value is -3.19. The highest BCUT2D eigenvalue weighted by molar-refractivity contribution is 7.99. The molecule has 4 aromatic rings. The fourth-order valence-corrected chi connectivity index (χ4v) is 4.63. The van der Waals surface area contributed by atoms with E-state index in [0.29, 0.717) is 12.2 Å². The molecule has 1 saturated heterocycles. The number of pyridine rings is 2. The average molecular weight is 448 g/mol. The van der Waals surface area contributed by atoms with Crippen LogP contribution in [-0.4, -0.2) is 61.0 Å². The Morgan fingerprint density at radius 2 is 2.03 bits per heavy atom. The smallest absolute Gasteiger partial charge is 0.103 e. The molecule has 9 heteroatoms. The molecular weight excluding hydrogens is 422 g/mol. The highest BCUT2D eigenvalue weighted by Gasteiger charge is 2.14. The number of β-amino-alcohol motifs (C(OH)–C–C–N with tert-alkyl or cyclic N) is 1. The number of H-pyrrole nitrogens is 1. The first-order chi connectivity index (χ1) is 15.8. The van der Waals surface area contributed by atoms with Gasteiger partial charge in [-0.2, -0.15) is 15.5 Å². The summed E-state index contributed by atoms with van der Waals surface area (Å²) in [5, 5.41) is 29.9. The van der Waals surface area contributed by atoms with E-state index in [1.807, 2.05) is 36.7 Å². The molecule has 1 fully saturated rings. The van der Waals surface area contributed by atoms with E-state index in [-0.39, 0.29) is 0 Å². The highest BCUT2D eigenvalue weighted by atomic mass is 32.2. The lowest BCUT2D eigenvalue weighted by Gasteiger charge is -2.25. The monoisotopic (exact) mass is 447 g/mol. The first kappa shape index (κ1) is 22.0. The van der Waals surface area contributed by atoms with Crippen LogP contribution in [0.25, 0.3) is 16.6 Å². The highest BCUT2D eigenvalue weighted by Crippen LogP contribution is 2.34. The third kappa shape index (κ3) is 5.34. The largest absolute Gasteiger partial charge is 0.395 e. The lowest BCUT2D eigenvalue weighted by molar-refractivity contribution is 0.173. The van der Waals surface area contributed by atoms with E-state index in [2.05, 4.69) is 31.2 Å². The Balaban J connectivity index is 0.000000230. The Morgan fingerprint density at radius 3 is 2.72 bits per heavy atom. The molecule has 0 amide bonds. The van der Waals surface area contributed by atoms with Crippen molar-refractivity contribution in [3.63, 3.8) is 0 Å². The van der Waals surface area contributed by atoms with Gasteiger partial charge in [-0.15, -0.1) is 0 Å². The molecule has 4 aromatic heterocycles. The van der Waals surface area contributed by atoms with E-state index in [1.165, 1.54) is 44.1 Å². The van der Waals surface area contributed by atoms with Gasteiger partial charge in [0.15, 0.2) is 0 Å². The van der Waals surface area contributed by atoms with Crippen molar-refractivity contribution in [1.82, 2.24) is 29.7 Å². The number of rotatable bonds is 5. The quantitative estimate of drug-likeness (QED) is 0.481. The molecule has 0 bridgehead atoms. The number of nitrogens with one attached hydrogen (secondary N) is 1. The predicted octanol–water partition coefficient (Wildman–Crippen LogP) is 3.61. The van der Waals surface area contributed by atoms with Crippen LogP contribution in [0.5, 0.6) is 0 Å². The lowest BCUT2D eigenvalue weighted by atomic mass is 10.1. The van der Waals surface area contributed by atoms with E-state index in [0.717, 1.165) is 33.1 Å². The maximum atomic E-state index is 9.33. The average Bonchev–Trinajstić information content (AvgIpc) is 3.51. The minimum Gasteiger partial charge on any atom is -0.395 e. The third-order valence-electron chi connectivity index (χ3n) is 5.25. The van der Waals surface area contributed by atoms with Crippen molar-refractivity contribution >= 4 is 17.3 Å². The summed E-state index contributed by atoms with van der Waals surface area (Å²) in [7, 11) is 0. The van der Waals surface area contributed by atoms with Gasteiger partial charge in [0.2, 0.25) is 0 Å². The summed E-state index contributed by atoms with van der Waals surface area (Å²) in [6.07, 6.45) is 12.8. The van der Waals surface area contributed by atoms with Gasteiger partial charge in [-0.3, -0.25) is 5.10 Å². The van der Waals surface area contributed by atoms with Crippen LogP contribution in [-0.2, 0) is 0 Å². The van der Waals surface area contributed by atoms with Crippen molar-refractivity contribution in [1.29, 1.82) is 5.26 Å². The van der Waals surface area contributed by atoms with E-state index in [1.54, 1.807) is 23.1 Å². The zero-order valence-electron chi connectivity index (χ0n) is 17.7. The van der Waals surface area contributed by atoms with Gasteiger partial charge in [0.1, 0.15) is 11.1 Å². The summed E-state index contributed by atoms with van der Waals surface area (Å²) in [5.41, 5.74) is 3.26. The Labute approximate surface area is 190 Å². The number of aromatic nitrogens is 5. The number of nitriles is 1.